The number of hydrogen-bond donors (Lipinski definition) is 1. The highest BCUT2D eigenvalue weighted by Gasteiger charge is 2.46. The zero-order valence-electron chi connectivity index (χ0n) is 12.8. The Morgan fingerprint density at radius 1 is 1.33 bits per heavy atom. The number of carbonyl (C=O) groups is 1. The zero-order chi connectivity index (χ0) is 14.8. The van der Waals surface area contributed by atoms with E-state index < -0.39 is 0 Å². The van der Waals surface area contributed by atoms with Gasteiger partial charge >= 0.3 is 0 Å². The molecule has 1 aliphatic carbocycles. The number of rotatable bonds is 6. The summed E-state index contributed by atoms with van der Waals surface area (Å²) in [6.07, 6.45) is 5.33. The number of methoxy groups -OCH3 is 1. The molecule has 1 saturated heterocycles. The van der Waals surface area contributed by atoms with E-state index in [1.165, 1.54) is 0 Å². The predicted molar refractivity (Wildman–Crippen MR) is 82.1 cm³/mol. The van der Waals surface area contributed by atoms with E-state index in [0.29, 0.717) is 6.04 Å². The van der Waals surface area contributed by atoms with E-state index in [2.05, 4.69) is 23.2 Å². The Hall–Kier alpha value is -1.55. The van der Waals surface area contributed by atoms with Gasteiger partial charge in [-0.3, -0.25) is 10.1 Å². The lowest BCUT2D eigenvalue weighted by Gasteiger charge is -2.25. The van der Waals surface area contributed by atoms with Crippen molar-refractivity contribution in [3.63, 3.8) is 0 Å². The van der Waals surface area contributed by atoms with Crippen LogP contribution in [0.5, 0.6) is 5.75 Å². The van der Waals surface area contributed by atoms with Gasteiger partial charge in [0.25, 0.3) is 0 Å². The topological polar surface area (TPSA) is 41.6 Å². The maximum atomic E-state index is 12.7. The Labute approximate surface area is 126 Å². The van der Waals surface area contributed by atoms with Crippen molar-refractivity contribution in [1.29, 1.82) is 0 Å². The third-order valence-electron chi connectivity index (χ3n) is 4.41. The lowest BCUT2D eigenvalue weighted by atomic mass is 10.1. The first kappa shape index (κ1) is 14.4. The predicted octanol–water partition coefficient (Wildman–Crippen LogP) is 2.85. The summed E-state index contributed by atoms with van der Waals surface area (Å²) in [4.78, 5) is 14.8. The second-order valence-electron chi connectivity index (χ2n) is 5.98. The van der Waals surface area contributed by atoms with Gasteiger partial charge in [0.1, 0.15) is 11.9 Å². The molecule has 2 atom stereocenters. The normalized spacial score (nSPS) is 25.4. The van der Waals surface area contributed by atoms with Crippen LogP contribution < -0.4 is 10.1 Å². The van der Waals surface area contributed by atoms with Crippen LogP contribution in [-0.2, 0) is 4.79 Å². The van der Waals surface area contributed by atoms with Crippen LogP contribution in [0.3, 0.4) is 0 Å². The molecule has 2 fully saturated rings. The monoisotopic (exact) mass is 288 g/mol. The van der Waals surface area contributed by atoms with Gasteiger partial charge in [-0.1, -0.05) is 38.0 Å². The average Bonchev–Trinajstić information content (AvgIpc) is 3.29. The standard InChI is InChI=1S/C17H24N2O2/c1-3-4-8-14-17(20)19(12-10-11-12)16(18-14)13-7-5-6-9-15(13)21-2/h5-7,9,12,14,16,18H,3-4,8,10-11H2,1-2H3. The smallest absolute Gasteiger partial charge is 0.241 e. The number of hydrogen-bond acceptors (Lipinski definition) is 3. The molecule has 4 nitrogen and oxygen atoms in total. The molecule has 4 heteroatoms. The van der Waals surface area contributed by atoms with Crippen LogP contribution in [0.25, 0.3) is 0 Å². The highest BCUT2D eigenvalue weighted by molar-refractivity contribution is 5.85. The van der Waals surface area contributed by atoms with Crippen LogP contribution in [0, 0.1) is 0 Å². The van der Waals surface area contributed by atoms with Gasteiger partial charge in [0, 0.05) is 11.6 Å². The molecule has 114 valence electrons. The molecule has 1 aliphatic heterocycles. The van der Waals surface area contributed by atoms with E-state index >= 15 is 0 Å². The van der Waals surface area contributed by atoms with E-state index in [4.69, 9.17) is 4.74 Å². The van der Waals surface area contributed by atoms with Crippen LogP contribution in [0.1, 0.15) is 50.8 Å². The number of para-hydroxylation sites is 1. The molecule has 0 bridgehead atoms. The molecule has 0 radical (unpaired) electrons. The third-order valence-corrected chi connectivity index (χ3v) is 4.41. The molecule has 1 saturated carbocycles. The minimum atomic E-state index is -0.0412. The molecule has 0 spiro atoms. The minimum absolute atomic E-state index is 0.0389. The lowest BCUT2D eigenvalue weighted by Crippen LogP contribution is -2.33. The van der Waals surface area contributed by atoms with Crippen molar-refractivity contribution < 1.29 is 9.53 Å². The Balaban J connectivity index is 1.87. The Morgan fingerprint density at radius 3 is 2.76 bits per heavy atom. The summed E-state index contributed by atoms with van der Waals surface area (Å²) < 4.78 is 5.48. The lowest BCUT2D eigenvalue weighted by molar-refractivity contribution is -0.130. The molecule has 1 N–H and O–H groups in total. The van der Waals surface area contributed by atoms with Gasteiger partial charge in [-0.25, -0.2) is 0 Å². The fourth-order valence-electron chi connectivity index (χ4n) is 3.14. The molecule has 2 aliphatic rings. The van der Waals surface area contributed by atoms with Crippen molar-refractivity contribution in [2.75, 3.05) is 7.11 Å². The summed E-state index contributed by atoms with van der Waals surface area (Å²) in [5.74, 6) is 1.12. The van der Waals surface area contributed by atoms with Crippen molar-refractivity contribution in [3.8, 4) is 5.75 Å². The van der Waals surface area contributed by atoms with E-state index in [1.807, 2.05) is 18.2 Å². The van der Waals surface area contributed by atoms with Crippen molar-refractivity contribution in [1.82, 2.24) is 10.2 Å². The largest absolute Gasteiger partial charge is 0.496 e. The second-order valence-corrected chi connectivity index (χ2v) is 5.98. The number of benzene rings is 1. The molecule has 3 rings (SSSR count). The van der Waals surface area contributed by atoms with Crippen LogP contribution in [0.2, 0.25) is 0 Å². The fraction of sp³-hybridized carbons (Fsp3) is 0.588. The number of nitrogens with zero attached hydrogens (tertiary/aromatic N) is 1. The summed E-state index contributed by atoms with van der Waals surface area (Å²) in [5.41, 5.74) is 1.07. The summed E-state index contributed by atoms with van der Waals surface area (Å²) in [6, 6.07) is 8.36. The van der Waals surface area contributed by atoms with E-state index in [9.17, 15) is 4.79 Å². The van der Waals surface area contributed by atoms with Gasteiger partial charge < -0.3 is 9.64 Å². The molecule has 21 heavy (non-hydrogen) atoms. The molecular formula is C17H24N2O2. The van der Waals surface area contributed by atoms with E-state index in [1.54, 1.807) is 7.11 Å². The van der Waals surface area contributed by atoms with Crippen LogP contribution in [0.15, 0.2) is 24.3 Å². The van der Waals surface area contributed by atoms with Gasteiger partial charge in [-0.15, -0.1) is 0 Å². The Kier molecular flexibility index (Phi) is 4.15. The average molecular weight is 288 g/mol. The maximum Gasteiger partial charge on any atom is 0.241 e. The SMILES string of the molecule is CCCCC1NC(c2ccccc2OC)N(C2CC2)C1=O. The summed E-state index contributed by atoms with van der Waals surface area (Å²) in [6.45, 7) is 2.16. The van der Waals surface area contributed by atoms with Gasteiger partial charge in [0.15, 0.2) is 0 Å². The fourth-order valence-corrected chi connectivity index (χ4v) is 3.14. The van der Waals surface area contributed by atoms with Crippen molar-refractivity contribution in [2.45, 2.75) is 57.3 Å². The van der Waals surface area contributed by atoms with Crippen LogP contribution in [-0.4, -0.2) is 30.0 Å². The molecule has 2 unspecified atom stereocenters. The number of carbonyl (C=O) groups excluding carboxylic acids is 1. The maximum absolute atomic E-state index is 12.7. The van der Waals surface area contributed by atoms with Gasteiger partial charge in [0.2, 0.25) is 5.91 Å². The molecule has 1 heterocycles. The van der Waals surface area contributed by atoms with Crippen molar-refractivity contribution >= 4 is 5.91 Å². The number of ether oxygens (including phenoxy) is 1. The first-order valence-electron chi connectivity index (χ1n) is 7.97. The van der Waals surface area contributed by atoms with Gasteiger partial charge in [-0.05, 0) is 25.3 Å². The number of amides is 1. The van der Waals surface area contributed by atoms with Crippen molar-refractivity contribution in [2.24, 2.45) is 0 Å². The van der Waals surface area contributed by atoms with E-state index in [0.717, 1.165) is 43.4 Å². The van der Waals surface area contributed by atoms with Gasteiger partial charge in [-0.2, -0.15) is 0 Å². The first-order chi connectivity index (χ1) is 10.3. The van der Waals surface area contributed by atoms with Gasteiger partial charge in [0.05, 0.1) is 13.2 Å². The summed E-state index contributed by atoms with van der Waals surface area (Å²) in [5, 5.41) is 3.53. The molecule has 1 aromatic carbocycles. The van der Waals surface area contributed by atoms with E-state index in [-0.39, 0.29) is 18.1 Å². The highest BCUT2D eigenvalue weighted by Crippen LogP contribution is 2.40. The number of nitrogens with one attached hydrogen (secondary N) is 1. The quantitative estimate of drug-likeness (QED) is 0.875. The highest BCUT2D eigenvalue weighted by atomic mass is 16.5. The molecule has 1 amide bonds. The third kappa shape index (κ3) is 2.77. The second kappa shape index (κ2) is 6.06. The molecular weight excluding hydrogens is 264 g/mol. The first-order valence-corrected chi connectivity index (χ1v) is 7.97. The summed E-state index contributed by atoms with van der Waals surface area (Å²) in [7, 11) is 1.69. The Morgan fingerprint density at radius 2 is 2.10 bits per heavy atom. The van der Waals surface area contributed by atoms with Crippen molar-refractivity contribution in [3.05, 3.63) is 29.8 Å². The summed E-state index contributed by atoms with van der Waals surface area (Å²) >= 11 is 0. The molecule has 1 aromatic rings. The minimum Gasteiger partial charge on any atom is -0.496 e. The Bertz CT molecular complexity index is 513. The van der Waals surface area contributed by atoms with Crippen LogP contribution >= 0.6 is 0 Å². The van der Waals surface area contributed by atoms with Crippen LogP contribution in [0.4, 0.5) is 0 Å². The molecule has 0 aromatic heterocycles. The zero-order valence-corrected chi connectivity index (χ0v) is 12.8. The number of unbranched alkanes of at least 4 members (excludes halogenated alkanes) is 1.